The van der Waals surface area contributed by atoms with Crippen molar-refractivity contribution in [3.05, 3.63) is 40.6 Å². The van der Waals surface area contributed by atoms with E-state index in [0.717, 1.165) is 0 Å². The highest BCUT2D eigenvalue weighted by atomic mass is 32.1. The van der Waals surface area contributed by atoms with E-state index in [2.05, 4.69) is 4.99 Å². The van der Waals surface area contributed by atoms with Gasteiger partial charge in [0.2, 0.25) is 5.91 Å². The van der Waals surface area contributed by atoms with Crippen molar-refractivity contribution >= 4 is 28.8 Å². The molecule has 1 aromatic heterocycles. The van der Waals surface area contributed by atoms with E-state index >= 15 is 0 Å². The number of hydrogen-bond donors (Lipinski definition) is 0. The van der Waals surface area contributed by atoms with Gasteiger partial charge in [-0.1, -0.05) is 12.1 Å². The number of benzene rings is 1. The Morgan fingerprint density at radius 2 is 2.23 bits per heavy atom. The summed E-state index contributed by atoms with van der Waals surface area (Å²) in [6.45, 7) is 0.304. The third-order valence-electron chi connectivity index (χ3n) is 3.34. The van der Waals surface area contributed by atoms with Gasteiger partial charge in [-0.2, -0.15) is 4.99 Å². The zero-order valence-electron chi connectivity index (χ0n) is 12.1. The van der Waals surface area contributed by atoms with Gasteiger partial charge in [-0.05, 0) is 12.1 Å². The zero-order valence-corrected chi connectivity index (χ0v) is 12.9. The first-order valence-electron chi connectivity index (χ1n) is 6.85. The highest BCUT2D eigenvalue weighted by Gasteiger charge is 2.25. The first-order chi connectivity index (χ1) is 10.6. The zero-order chi connectivity index (χ0) is 15.5. The van der Waals surface area contributed by atoms with Gasteiger partial charge in [0.15, 0.2) is 11.4 Å². The second kappa shape index (κ2) is 6.15. The molecule has 3 rings (SSSR count). The Balaban J connectivity index is 1.73. The minimum absolute atomic E-state index is 0.00221. The van der Waals surface area contributed by atoms with Gasteiger partial charge in [-0.15, -0.1) is 11.3 Å². The lowest BCUT2D eigenvalue weighted by Gasteiger charge is -2.28. The number of ether oxygens (including phenoxy) is 1. The first kappa shape index (κ1) is 14.5. The molecule has 6 nitrogen and oxygen atoms in total. The largest absolute Gasteiger partial charge is 0.482 e. The van der Waals surface area contributed by atoms with Crippen LogP contribution in [0.1, 0.15) is 6.42 Å². The summed E-state index contributed by atoms with van der Waals surface area (Å²) in [6, 6.07) is 7.32. The van der Waals surface area contributed by atoms with Crippen molar-refractivity contribution in [2.24, 2.45) is 12.0 Å². The molecule has 0 fully saturated rings. The number of aromatic nitrogens is 1. The molecule has 0 aliphatic carbocycles. The maximum absolute atomic E-state index is 12.0. The van der Waals surface area contributed by atoms with Gasteiger partial charge < -0.3 is 14.2 Å². The molecule has 22 heavy (non-hydrogen) atoms. The van der Waals surface area contributed by atoms with Crippen molar-refractivity contribution in [2.45, 2.75) is 6.42 Å². The van der Waals surface area contributed by atoms with E-state index in [9.17, 15) is 9.59 Å². The Hall–Kier alpha value is -2.41. The van der Waals surface area contributed by atoms with Gasteiger partial charge in [-0.3, -0.25) is 9.59 Å². The molecule has 1 aliphatic rings. The van der Waals surface area contributed by atoms with Crippen LogP contribution in [-0.2, 0) is 16.6 Å². The number of fused-ring (bicyclic) bond motifs is 1. The van der Waals surface area contributed by atoms with Crippen LogP contribution in [-0.4, -0.2) is 29.5 Å². The number of nitrogens with zero attached hydrogens (tertiary/aromatic N) is 3. The van der Waals surface area contributed by atoms with E-state index in [1.54, 1.807) is 9.47 Å². The van der Waals surface area contributed by atoms with Crippen LogP contribution in [0.3, 0.4) is 0 Å². The van der Waals surface area contributed by atoms with Crippen LogP contribution in [0, 0.1) is 0 Å². The Morgan fingerprint density at radius 1 is 1.41 bits per heavy atom. The van der Waals surface area contributed by atoms with Crippen molar-refractivity contribution in [2.75, 3.05) is 18.1 Å². The lowest BCUT2D eigenvalue weighted by Crippen LogP contribution is -2.40. The van der Waals surface area contributed by atoms with Crippen LogP contribution in [0.5, 0.6) is 5.75 Å². The summed E-state index contributed by atoms with van der Waals surface area (Å²) >= 11 is 1.40. The number of para-hydroxylation sites is 2. The molecule has 114 valence electrons. The summed E-state index contributed by atoms with van der Waals surface area (Å²) in [5, 5.41) is 1.87. The number of amides is 2. The van der Waals surface area contributed by atoms with Gasteiger partial charge in [0.25, 0.3) is 5.91 Å². The smallest absolute Gasteiger partial charge is 0.265 e. The minimum Gasteiger partial charge on any atom is -0.482 e. The second-order valence-electron chi connectivity index (χ2n) is 4.85. The normalized spacial score (nSPS) is 14.7. The van der Waals surface area contributed by atoms with Crippen LogP contribution >= 0.6 is 11.3 Å². The molecule has 2 amide bonds. The average Bonchev–Trinajstić information content (AvgIpc) is 2.91. The van der Waals surface area contributed by atoms with Crippen LogP contribution in [0.15, 0.2) is 40.8 Å². The third kappa shape index (κ3) is 2.94. The van der Waals surface area contributed by atoms with Crippen molar-refractivity contribution in [3.8, 4) is 5.75 Å². The number of aryl methyl sites for hydroxylation is 1. The molecule has 0 atom stereocenters. The molecule has 7 heteroatoms. The molecule has 0 unspecified atom stereocenters. The van der Waals surface area contributed by atoms with Crippen molar-refractivity contribution < 1.29 is 14.3 Å². The quantitative estimate of drug-likeness (QED) is 0.858. The molecule has 2 aromatic rings. The molecule has 0 spiro atoms. The molecular formula is C15H15N3O3S. The number of carbonyl (C=O) groups excluding carboxylic acids is 2. The summed E-state index contributed by atoms with van der Waals surface area (Å²) in [6.07, 6.45) is 2.02. The topological polar surface area (TPSA) is 63.9 Å². The standard InChI is InChI=1S/C15H15N3O3S/c1-17-8-9-22-15(17)16-13(19)6-7-18-11-4-2-3-5-12(11)21-10-14(18)20/h2-5,8-9H,6-7,10H2,1H3. The molecule has 1 aromatic carbocycles. The summed E-state index contributed by atoms with van der Waals surface area (Å²) in [5.41, 5.74) is 0.702. The van der Waals surface area contributed by atoms with Crippen LogP contribution in [0.25, 0.3) is 0 Å². The molecular weight excluding hydrogens is 302 g/mol. The van der Waals surface area contributed by atoms with Crippen molar-refractivity contribution in [1.29, 1.82) is 0 Å². The Labute approximate surface area is 131 Å². The van der Waals surface area contributed by atoms with Crippen LogP contribution in [0.4, 0.5) is 5.69 Å². The minimum atomic E-state index is -0.241. The highest BCUT2D eigenvalue weighted by Crippen LogP contribution is 2.31. The molecule has 0 saturated carbocycles. The Morgan fingerprint density at radius 3 is 3.00 bits per heavy atom. The maximum Gasteiger partial charge on any atom is 0.265 e. The average molecular weight is 317 g/mol. The molecule has 2 heterocycles. The van der Waals surface area contributed by atoms with E-state index < -0.39 is 0 Å². The van der Waals surface area contributed by atoms with Gasteiger partial charge in [0.1, 0.15) is 5.75 Å². The summed E-state index contributed by atoms with van der Waals surface area (Å²) in [4.78, 5) is 30.3. The van der Waals surface area contributed by atoms with Crippen molar-refractivity contribution in [1.82, 2.24) is 4.57 Å². The fourth-order valence-corrected chi connectivity index (χ4v) is 2.95. The predicted octanol–water partition coefficient (Wildman–Crippen LogP) is 1.33. The summed E-state index contributed by atoms with van der Waals surface area (Å²) < 4.78 is 7.16. The number of hydrogen-bond acceptors (Lipinski definition) is 4. The summed E-state index contributed by atoms with van der Waals surface area (Å²) in [7, 11) is 1.84. The molecule has 0 N–H and O–H groups in total. The molecule has 1 aliphatic heterocycles. The summed E-state index contributed by atoms with van der Waals surface area (Å²) in [5.74, 6) is 0.277. The van der Waals surface area contributed by atoms with Gasteiger partial charge in [-0.25, -0.2) is 0 Å². The molecule has 0 radical (unpaired) electrons. The van der Waals surface area contributed by atoms with E-state index in [1.807, 2.05) is 42.9 Å². The van der Waals surface area contributed by atoms with Crippen LogP contribution in [0.2, 0.25) is 0 Å². The number of anilines is 1. The van der Waals surface area contributed by atoms with Gasteiger partial charge in [0.05, 0.1) is 5.69 Å². The SMILES string of the molecule is Cn1ccsc1=NC(=O)CCN1C(=O)COc2ccccc21. The van der Waals surface area contributed by atoms with Crippen LogP contribution < -0.4 is 14.4 Å². The predicted molar refractivity (Wildman–Crippen MR) is 82.8 cm³/mol. The lowest BCUT2D eigenvalue weighted by atomic mass is 10.2. The first-order valence-corrected chi connectivity index (χ1v) is 7.73. The fourth-order valence-electron chi connectivity index (χ4n) is 2.20. The van der Waals surface area contributed by atoms with E-state index in [4.69, 9.17) is 4.74 Å². The second-order valence-corrected chi connectivity index (χ2v) is 5.73. The Bertz CT molecular complexity index is 778. The number of thiazole rings is 1. The number of rotatable bonds is 3. The van der Waals surface area contributed by atoms with E-state index in [0.29, 0.717) is 22.8 Å². The van der Waals surface area contributed by atoms with Crippen molar-refractivity contribution in [3.63, 3.8) is 0 Å². The monoisotopic (exact) mass is 317 g/mol. The maximum atomic E-state index is 12.0. The van der Waals surface area contributed by atoms with E-state index in [1.165, 1.54) is 11.3 Å². The Kier molecular flexibility index (Phi) is 4.06. The van der Waals surface area contributed by atoms with Gasteiger partial charge >= 0.3 is 0 Å². The molecule has 0 bridgehead atoms. The number of carbonyl (C=O) groups is 2. The van der Waals surface area contributed by atoms with E-state index in [-0.39, 0.29) is 24.8 Å². The van der Waals surface area contributed by atoms with Gasteiger partial charge in [0, 0.05) is 31.6 Å². The molecule has 0 saturated heterocycles. The fraction of sp³-hybridized carbons (Fsp3) is 0.267. The highest BCUT2D eigenvalue weighted by molar-refractivity contribution is 7.07. The third-order valence-corrected chi connectivity index (χ3v) is 4.19. The lowest BCUT2D eigenvalue weighted by molar-refractivity contribution is -0.121.